The van der Waals surface area contributed by atoms with Crippen LogP contribution in [0.3, 0.4) is 0 Å². The molecule has 3 aliphatic heterocycles. The number of hydrogen-bond donors (Lipinski definition) is 2. The first-order chi connectivity index (χ1) is 22.1. The van der Waals surface area contributed by atoms with E-state index in [-0.39, 0.29) is 35.0 Å². The van der Waals surface area contributed by atoms with Crippen LogP contribution in [0.1, 0.15) is 88.0 Å². The van der Waals surface area contributed by atoms with Gasteiger partial charge in [-0.15, -0.1) is 11.8 Å². The van der Waals surface area contributed by atoms with E-state index in [4.69, 9.17) is 4.42 Å². The van der Waals surface area contributed by atoms with Crippen molar-refractivity contribution in [1.29, 1.82) is 0 Å². The average Bonchev–Trinajstić information content (AvgIpc) is 3.71. The normalized spacial score (nSPS) is 21.0. The van der Waals surface area contributed by atoms with Crippen molar-refractivity contribution in [3.8, 4) is 0 Å². The molecule has 6 rings (SSSR count). The number of thiazole rings is 1. The fourth-order valence-corrected chi connectivity index (χ4v) is 8.32. The number of hydrogen-bond acceptors (Lipinski definition) is 10. The van der Waals surface area contributed by atoms with Gasteiger partial charge in [-0.2, -0.15) is 0 Å². The Morgan fingerprint density at radius 2 is 1.85 bits per heavy atom. The zero-order valence-electron chi connectivity index (χ0n) is 26.9. The minimum atomic E-state index is -0.246. The van der Waals surface area contributed by atoms with Gasteiger partial charge in [-0.05, 0) is 69.4 Å². The van der Waals surface area contributed by atoms with Gasteiger partial charge in [0, 0.05) is 30.3 Å². The molecule has 1 atom stereocenters. The lowest BCUT2D eigenvalue weighted by Gasteiger charge is -2.41. The molecule has 3 aromatic rings. The van der Waals surface area contributed by atoms with Gasteiger partial charge in [-0.25, -0.2) is 9.97 Å². The van der Waals surface area contributed by atoms with E-state index in [0.29, 0.717) is 35.7 Å². The number of aromatic nitrogens is 2. The van der Waals surface area contributed by atoms with Gasteiger partial charge < -0.3 is 14.6 Å². The summed E-state index contributed by atoms with van der Waals surface area (Å²) in [6, 6.07) is 8.83. The Hall–Kier alpha value is -3.06. The molecule has 1 unspecified atom stereocenters. The van der Waals surface area contributed by atoms with Crippen LogP contribution >= 0.6 is 23.1 Å². The summed E-state index contributed by atoms with van der Waals surface area (Å²) in [7, 11) is 0. The number of carbonyl (C=O) groups is 3. The first-order valence-electron chi connectivity index (χ1n) is 16.3. The van der Waals surface area contributed by atoms with Crippen LogP contribution in [-0.2, 0) is 32.1 Å². The molecule has 0 aliphatic carbocycles. The van der Waals surface area contributed by atoms with Crippen molar-refractivity contribution >= 4 is 46.0 Å². The molecule has 3 saturated heterocycles. The molecule has 0 spiro atoms. The molecule has 46 heavy (non-hydrogen) atoms. The number of anilines is 1. The van der Waals surface area contributed by atoms with Crippen LogP contribution in [-0.4, -0.2) is 69.7 Å². The van der Waals surface area contributed by atoms with Crippen LogP contribution in [0.4, 0.5) is 5.13 Å². The highest BCUT2D eigenvalue weighted by atomic mass is 32.2. The molecule has 0 bridgehead atoms. The van der Waals surface area contributed by atoms with Crippen LogP contribution in [0, 0.1) is 5.92 Å². The van der Waals surface area contributed by atoms with E-state index in [9.17, 15) is 14.4 Å². The molecule has 3 aliphatic rings. The van der Waals surface area contributed by atoms with Crippen molar-refractivity contribution < 1.29 is 18.8 Å². The maximum absolute atomic E-state index is 13.1. The second kappa shape index (κ2) is 14.4. The molecule has 1 aromatic carbocycles. The monoisotopic (exact) mass is 664 g/mol. The summed E-state index contributed by atoms with van der Waals surface area (Å²) in [6.45, 7) is 11.1. The van der Waals surface area contributed by atoms with Crippen LogP contribution < -0.4 is 10.6 Å². The van der Waals surface area contributed by atoms with E-state index >= 15 is 0 Å². The van der Waals surface area contributed by atoms with Crippen molar-refractivity contribution in [1.82, 2.24) is 25.1 Å². The Bertz CT molecular complexity index is 1530. The molecule has 3 fully saturated rings. The molecule has 0 saturated carbocycles. The lowest BCUT2D eigenvalue weighted by atomic mass is 9.89. The molecule has 2 N–H and O–H groups in total. The third-order valence-electron chi connectivity index (χ3n) is 9.32. The predicted octanol–water partition coefficient (Wildman–Crippen LogP) is 5.56. The number of nitrogens with one attached hydrogen (secondary N) is 2. The van der Waals surface area contributed by atoms with Gasteiger partial charge in [0.15, 0.2) is 5.13 Å². The van der Waals surface area contributed by atoms with Crippen molar-refractivity contribution in [3.05, 3.63) is 59.4 Å². The standard InChI is InChI=1S/C34H44N6O4S2/c1-34(2,3)27-18-35-29(44-27)21-45-30-19-36-33(46-30)38-31(42)23-9-15-40(16-10-23)25-11-13-39(14-12-25)20-22-5-4-6-24(17-22)26-7-8-28(41)37-32(26)43/h4-6,17-19,23,25-26H,7-16,20-21H2,1-3H3,(H,36,38,42)(H,37,41,43). The highest BCUT2D eigenvalue weighted by molar-refractivity contribution is 8.00. The number of rotatable bonds is 9. The van der Waals surface area contributed by atoms with Gasteiger partial charge in [0.05, 0.1) is 28.3 Å². The summed E-state index contributed by atoms with van der Waals surface area (Å²) in [6.07, 6.45) is 8.56. The summed E-state index contributed by atoms with van der Waals surface area (Å²) in [5.74, 6) is 1.68. The van der Waals surface area contributed by atoms with E-state index in [1.807, 2.05) is 18.3 Å². The van der Waals surface area contributed by atoms with Gasteiger partial charge >= 0.3 is 0 Å². The number of thioether (sulfide) groups is 1. The molecular formula is C34H44N6O4S2. The molecule has 0 radical (unpaired) electrons. The average molecular weight is 665 g/mol. The van der Waals surface area contributed by atoms with Crippen LogP contribution in [0.15, 0.2) is 45.3 Å². The zero-order chi connectivity index (χ0) is 32.3. The highest BCUT2D eigenvalue weighted by Gasteiger charge is 2.32. The van der Waals surface area contributed by atoms with E-state index in [1.54, 1.807) is 18.0 Å². The SMILES string of the molecule is CC(C)(C)c1cnc(CSc2cnc(NC(=O)C3CCN(C4CCN(Cc5cccc(C6CCC(=O)NC6=O)c5)CC4)CC3)s2)o1. The molecule has 5 heterocycles. The summed E-state index contributed by atoms with van der Waals surface area (Å²) in [4.78, 5) is 50.9. The lowest BCUT2D eigenvalue weighted by molar-refractivity contribution is -0.134. The molecule has 2 aromatic heterocycles. The first-order valence-corrected chi connectivity index (χ1v) is 18.1. The van der Waals surface area contributed by atoms with Crippen LogP contribution in [0.2, 0.25) is 0 Å². The zero-order valence-corrected chi connectivity index (χ0v) is 28.6. The summed E-state index contributed by atoms with van der Waals surface area (Å²) < 4.78 is 6.91. The van der Waals surface area contributed by atoms with E-state index < -0.39 is 0 Å². The topological polar surface area (TPSA) is 121 Å². The number of amides is 3. The Balaban J connectivity index is 0.908. The van der Waals surface area contributed by atoms with Crippen molar-refractivity contribution in [2.45, 2.75) is 93.2 Å². The van der Waals surface area contributed by atoms with Gasteiger partial charge in [-0.3, -0.25) is 24.6 Å². The Labute approximate surface area is 279 Å². The van der Waals surface area contributed by atoms with Crippen LogP contribution in [0.25, 0.3) is 0 Å². The molecule has 12 heteroatoms. The van der Waals surface area contributed by atoms with Crippen molar-refractivity contribution in [2.24, 2.45) is 5.92 Å². The number of carbonyl (C=O) groups excluding carboxylic acids is 3. The second-order valence-corrected chi connectivity index (χ2v) is 16.0. The van der Waals surface area contributed by atoms with E-state index in [1.165, 1.54) is 16.9 Å². The maximum Gasteiger partial charge on any atom is 0.234 e. The lowest BCUT2D eigenvalue weighted by Crippen LogP contribution is -2.48. The van der Waals surface area contributed by atoms with E-state index in [0.717, 1.165) is 73.9 Å². The third-order valence-corrected chi connectivity index (χ3v) is 11.4. The molecule has 246 valence electrons. The van der Waals surface area contributed by atoms with E-state index in [2.05, 4.69) is 63.3 Å². The maximum atomic E-state index is 13.1. The second-order valence-electron chi connectivity index (χ2n) is 13.7. The van der Waals surface area contributed by atoms with Crippen molar-refractivity contribution in [2.75, 3.05) is 31.5 Å². The van der Waals surface area contributed by atoms with Crippen molar-refractivity contribution in [3.63, 3.8) is 0 Å². The predicted molar refractivity (Wildman–Crippen MR) is 180 cm³/mol. The number of likely N-dealkylation sites (tertiary alicyclic amines) is 2. The molecule has 3 amide bonds. The summed E-state index contributed by atoms with van der Waals surface area (Å²) in [5, 5.41) is 6.18. The highest BCUT2D eigenvalue weighted by Crippen LogP contribution is 2.33. The number of oxazole rings is 1. The number of benzene rings is 1. The minimum absolute atomic E-state index is 0.0103. The fraction of sp³-hybridized carbons (Fsp3) is 0.559. The number of imide groups is 1. The minimum Gasteiger partial charge on any atom is -0.444 e. The van der Waals surface area contributed by atoms with Gasteiger partial charge in [0.25, 0.3) is 0 Å². The Morgan fingerprint density at radius 3 is 2.57 bits per heavy atom. The number of piperidine rings is 3. The summed E-state index contributed by atoms with van der Waals surface area (Å²) in [5.41, 5.74) is 2.14. The summed E-state index contributed by atoms with van der Waals surface area (Å²) >= 11 is 3.11. The number of nitrogens with zero attached hydrogens (tertiary/aromatic N) is 4. The first kappa shape index (κ1) is 32.9. The van der Waals surface area contributed by atoms with Gasteiger partial charge in [-0.1, -0.05) is 56.4 Å². The molecular weight excluding hydrogens is 621 g/mol. The van der Waals surface area contributed by atoms with Gasteiger partial charge in [0.2, 0.25) is 23.6 Å². The smallest absolute Gasteiger partial charge is 0.234 e. The van der Waals surface area contributed by atoms with Gasteiger partial charge in [0.1, 0.15) is 5.76 Å². The third kappa shape index (κ3) is 8.26. The Kier molecular flexibility index (Phi) is 10.3. The Morgan fingerprint density at radius 1 is 1.07 bits per heavy atom. The van der Waals surface area contributed by atoms with Crippen LogP contribution in [0.5, 0.6) is 0 Å². The fourth-order valence-electron chi connectivity index (χ4n) is 6.60. The molecule has 10 nitrogen and oxygen atoms in total. The largest absolute Gasteiger partial charge is 0.444 e. The quantitative estimate of drug-likeness (QED) is 0.224.